The second-order valence-electron chi connectivity index (χ2n) is 10.5. The van der Waals surface area contributed by atoms with Crippen LogP contribution in [0.4, 0.5) is 36.8 Å². The van der Waals surface area contributed by atoms with Crippen LogP contribution >= 0.6 is 11.6 Å². The van der Waals surface area contributed by atoms with E-state index in [0.29, 0.717) is 36.6 Å². The molecule has 0 spiro atoms. The lowest BCUT2D eigenvalue weighted by Crippen LogP contribution is -2.52. The van der Waals surface area contributed by atoms with E-state index in [1.807, 2.05) is 11.0 Å². The molecule has 8 nitrogen and oxygen atoms in total. The average molecular weight is 658 g/mol. The van der Waals surface area contributed by atoms with Gasteiger partial charge in [-0.15, -0.1) is 0 Å². The molecule has 2 fully saturated rings. The summed E-state index contributed by atoms with van der Waals surface area (Å²) in [5.74, 6) is -0.275. The van der Waals surface area contributed by atoms with Gasteiger partial charge in [-0.1, -0.05) is 48.0 Å². The van der Waals surface area contributed by atoms with Gasteiger partial charge in [0.1, 0.15) is 5.75 Å². The predicted molar refractivity (Wildman–Crippen MR) is 146 cm³/mol. The minimum absolute atomic E-state index is 0.0309. The van der Waals surface area contributed by atoms with Gasteiger partial charge in [0.2, 0.25) is 0 Å². The lowest BCUT2D eigenvalue weighted by Gasteiger charge is -2.36. The Morgan fingerprint density at radius 3 is 2.23 bits per heavy atom. The summed E-state index contributed by atoms with van der Waals surface area (Å²) in [5.41, 5.74) is 2.32. The van der Waals surface area contributed by atoms with E-state index in [-0.39, 0.29) is 44.5 Å². The van der Waals surface area contributed by atoms with Gasteiger partial charge in [-0.25, -0.2) is 4.79 Å². The summed E-state index contributed by atoms with van der Waals surface area (Å²) < 4.78 is 111. The fraction of sp³-hybridized carbons (Fsp3) is 0.519. The Morgan fingerprint density at radius 2 is 1.60 bits per heavy atom. The number of carbonyl (C=O) groups excluding carboxylic acids is 1. The van der Waals surface area contributed by atoms with Gasteiger partial charge >= 0.3 is 18.4 Å². The number of piperazine rings is 1. The Balaban J connectivity index is 1.31. The Labute approximate surface area is 250 Å². The lowest BCUT2D eigenvalue weighted by molar-refractivity contribution is -0.308. The number of nitrogens with zero attached hydrogens (tertiary/aromatic N) is 3. The summed E-state index contributed by atoms with van der Waals surface area (Å²) in [6.07, 6.45) is -16.7. The highest BCUT2D eigenvalue weighted by atomic mass is 35.5. The van der Waals surface area contributed by atoms with E-state index in [0.717, 1.165) is 16.2 Å². The zero-order chi connectivity index (χ0) is 31.4. The predicted octanol–water partition coefficient (Wildman–Crippen LogP) is 5.46. The van der Waals surface area contributed by atoms with Crippen molar-refractivity contribution in [1.29, 1.82) is 0 Å². The van der Waals surface area contributed by atoms with Crippen molar-refractivity contribution in [3.63, 3.8) is 0 Å². The number of halogens is 7. The fourth-order valence-corrected chi connectivity index (χ4v) is 6.25. The topological polar surface area (TPSA) is 79.4 Å². The van der Waals surface area contributed by atoms with Crippen LogP contribution in [0.15, 0.2) is 48.5 Å². The summed E-state index contributed by atoms with van der Waals surface area (Å²) in [6.45, 7) is 1.70. The molecule has 16 heteroatoms. The fourth-order valence-electron chi connectivity index (χ4n) is 5.00. The van der Waals surface area contributed by atoms with Gasteiger partial charge in [0.05, 0.1) is 6.61 Å². The third kappa shape index (κ3) is 9.37. The number of hydrogen-bond acceptors (Lipinski definition) is 7. The van der Waals surface area contributed by atoms with Crippen LogP contribution in [0.5, 0.6) is 0 Å². The van der Waals surface area contributed by atoms with Crippen molar-refractivity contribution < 1.29 is 48.5 Å². The standard InChI is InChI=1S/C27H30ClF6N3O5S/c28-22-7-6-21(16-35-10-12-36(13-11-35)25(38)42-24(26(29,30)31)27(32,33)34)23(14-22)37-9-8-20(15-37)17-41-43(39,40)18-19-4-2-1-3-5-19/h1-7,14,20,24H,8-13,15-18H2/t20-/m0/s1. The summed E-state index contributed by atoms with van der Waals surface area (Å²) in [6, 6.07) is 14.0. The molecule has 0 bridgehead atoms. The number of hydrogen-bond donors (Lipinski definition) is 0. The zero-order valence-corrected chi connectivity index (χ0v) is 24.4. The molecule has 2 aliphatic heterocycles. The molecule has 0 saturated carbocycles. The third-order valence-electron chi connectivity index (χ3n) is 7.18. The maximum absolute atomic E-state index is 12.8. The molecule has 2 heterocycles. The maximum Gasteiger partial charge on any atom is 0.434 e. The molecule has 1 amide bonds. The van der Waals surface area contributed by atoms with Crippen molar-refractivity contribution >= 4 is 33.5 Å². The van der Waals surface area contributed by atoms with Gasteiger partial charge in [0.25, 0.3) is 16.2 Å². The van der Waals surface area contributed by atoms with Crippen molar-refractivity contribution in [1.82, 2.24) is 9.80 Å². The van der Waals surface area contributed by atoms with Crippen molar-refractivity contribution in [3.8, 4) is 0 Å². The monoisotopic (exact) mass is 657 g/mol. The van der Waals surface area contributed by atoms with E-state index in [4.69, 9.17) is 15.8 Å². The van der Waals surface area contributed by atoms with Crippen molar-refractivity contribution in [2.45, 2.75) is 37.2 Å². The van der Waals surface area contributed by atoms with Crippen LogP contribution in [-0.2, 0) is 31.3 Å². The first-order valence-corrected chi connectivity index (χ1v) is 15.3. The molecule has 0 N–H and O–H groups in total. The highest BCUT2D eigenvalue weighted by molar-refractivity contribution is 7.85. The maximum atomic E-state index is 12.8. The average Bonchev–Trinajstić information content (AvgIpc) is 3.40. The Hall–Kier alpha value is -2.75. The Bertz CT molecular complexity index is 1340. The molecule has 0 radical (unpaired) electrons. The van der Waals surface area contributed by atoms with Crippen molar-refractivity contribution in [3.05, 3.63) is 64.7 Å². The molecular weight excluding hydrogens is 628 g/mol. The van der Waals surface area contributed by atoms with E-state index in [2.05, 4.69) is 9.64 Å². The lowest BCUT2D eigenvalue weighted by atomic mass is 10.1. The number of amides is 1. The number of anilines is 1. The third-order valence-corrected chi connectivity index (χ3v) is 8.60. The number of carbonyl (C=O) groups is 1. The second-order valence-corrected chi connectivity index (χ2v) is 12.5. The van der Waals surface area contributed by atoms with Crippen LogP contribution in [0.2, 0.25) is 5.02 Å². The van der Waals surface area contributed by atoms with E-state index >= 15 is 0 Å². The van der Waals surface area contributed by atoms with Crippen LogP contribution in [0.25, 0.3) is 0 Å². The number of benzene rings is 2. The first-order valence-electron chi connectivity index (χ1n) is 13.4. The summed E-state index contributed by atoms with van der Waals surface area (Å²) in [4.78, 5) is 16.9. The van der Waals surface area contributed by atoms with Crippen LogP contribution in [-0.4, -0.2) is 88.6 Å². The summed E-state index contributed by atoms with van der Waals surface area (Å²) in [7, 11) is -3.77. The number of rotatable bonds is 9. The molecule has 238 valence electrons. The van der Waals surface area contributed by atoms with Crippen molar-refractivity contribution in [2.75, 3.05) is 50.8 Å². The molecule has 43 heavy (non-hydrogen) atoms. The molecule has 2 aromatic rings. The smallest absolute Gasteiger partial charge is 0.426 e. The summed E-state index contributed by atoms with van der Waals surface area (Å²) in [5, 5.41) is 0.486. The van der Waals surface area contributed by atoms with Gasteiger partial charge in [0, 0.05) is 62.4 Å². The SMILES string of the molecule is O=C(OC(C(F)(F)F)C(F)(F)F)N1CCN(Cc2ccc(Cl)cc2N2CC[C@H](COS(=O)(=O)Cc3ccccc3)C2)CC1. The molecule has 0 aromatic heterocycles. The van der Waals surface area contributed by atoms with Gasteiger partial charge in [-0.2, -0.15) is 34.8 Å². The van der Waals surface area contributed by atoms with E-state index in [1.54, 1.807) is 42.5 Å². The Kier molecular flexibility index (Phi) is 10.4. The minimum Gasteiger partial charge on any atom is -0.426 e. The van der Waals surface area contributed by atoms with Crippen LogP contribution in [0, 0.1) is 5.92 Å². The highest BCUT2D eigenvalue weighted by Crippen LogP contribution is 2.36. The molecule has 4 rings (SSSR count). The first-order chi connectivity index (χ1) is 20.1. The van der Waals surface area contributed by atoms with Gasteiger partial charge in [0.15, 0.2) is 0 Å². The highest BCUT2D eigenvalue weighted by Gasteiger charge is 2.60. The zero-order valence-electron chi connectivity index (χ0n) is 22.8. The largest absolute Gasteiger partial charge is 0.434 e. The molecule has 2 aliphatic rings. The van der Waals surface area contributed by atoms with Crippen LogP contribution in [0.3, 0.4) is 0 Å². The van der Waals surface area contributed by atoms with Crippen molar-refractivity contribution in [2.24, 2.45) is 5.92 Å². The molecule has 0 aliphatic carbocycles. The van der Waals surface area contributed by atoms with Crippen LogP contribution in [0.1, 0.15) is 17.5 Å². The van der Waals surface area contributed by atoms with Crippen LogP contribution < -0.4 is 4.90 Å². The van der Waals surface area contributed by atoms with E-state index < -0.39 is 34.7 Å². The molecule has 2 saturated heterocycles. The van der Waals surface area contributed by atoms with E-state index in [1.165, 1.54) is 0 Å². The van der Waals surface area contributed by atoms with Gasteiger partial charge in [-0.3, -0.25) is 9.08 Å². The molecule has 2 aromatic carbocycles. The summed E-state index contributed by atoms with van der Waals surface area (Å²) >= 11 is 6.27. The van der Waals surface area contributed by atoms with E-state index in [9.17, 15) is 39.6 Å². The Morgan fingerprint density at radius 1 is 0.953 bits per heavy atom. The molecular formula is C27H30ClF6N3O5S. The number of alkyl halides is 6. The normalized spacial score (nSPS) is 18.8. The molecule has 1 atom stereocenters. The minimum atomic E-state index is -5.78. The quantitative estimate of drug-likeness (QED) is 0.262. The first kappa shape index (κ1) is 33.1. The molecule has 0 unspecified atom stereocenters. The number of ether oxygens (including phenoxy) is 1. The van der Waals surface area contributed by atoms with Gasteiger partial charge < -0.3 is 14.5 Å². The second kappa shape index (κ2) is 13.5. The van der Waals surface area contributed by atoms with Gasteiger partial charge in [-0.05, 0) is 29.7 Å².